The molecule has 1 fully saturated rings. The molecule has 2 aromatic rings. The minimum atomic E-state index is -1.51. The van der Waals surface area contributed by atoms with Crippen LogP contribution >= 0.6 is 0 Å². The van der Waals surface area contributed by atoms with Gasteiger partial charge in [0.25, 0.3) is 0 Å². The lowest BCUT2D eigenvalue weighted by Gasteiger charge is -2.59. The maximum atomic E-state index is 14.0. The second-order valence-corrected chi connectivity index (χ2v) is 13.8. The van der Waals surface area contributed by atoms with E-state index in [1.807, 2.05) is 19.9 Å². The van der Waals surface area contributed by atoms with Gasteiger partial charge in [-0.1, -0.05) is 42.3 Å². The average Bonchev–Trinajstić information content (AvgIpc) is 3.17. The van der Waals surface area contributed by atoms with Gasteiger partial charge in [0.2, 0.25) is 5.79 Å². The summed E-state index contributed by atoms with van der Waals surface area (Å²) in [5.41, 5.74) is 2.98. The van der Waals surface area contributed by atoms with Crippen molar-refractivity contribution in [1.29, 1.82) is 0 Å². The van der Waals surface area contributed by atoms with Crippen LogP contribution in [0.4, 0.5) is 14.0 Å². The predicted octanol–water partition coefficient (Wildman–Crippen LogP) is 6.86. The third-order valence-corrected chi connectivity index (χ3v) is 10.5. The number of aliphatic hydroxyl groups is 2. The number of nitrogens with zero attached hydrogens (tertiary/aromatic N) is 2. The average molecular weight is 752 g/mol. The van der Waals surface area contributed by atoms with Crippen LogP contribution in [0.2, 0.25) is 0 Å². The van der Waals surface area contributed by atoms with Crippen LogP contribution in [0.3, 0.4) is 0 Å². The highest BCUT2D eigenvalue weighted by atomic mass is 19.1. The third-order valence-electron chi connectivity index (χ3n) is 10.5. The molecule has 5 rings (SSSR count). The Morgan fingerprint density at radius 3 is 2.50 bits per heavy atom. The van der Waals surface area contributed by atoms with Crippen LogP contribution in [0.1, 0.15) is 75.8 Å². The van der Waals surface area contributed by atoms with Gasteiger partial charge in [0.15, 0.2) is 0 Å². The van der Waals surface area contributed by atoms with Crippen molar-refractivity contribution >= 4 is 17.9 Å². The zero-order valence-corrected chi connectivity index (χ0v) is 31.5. The van der Waals surface area contributed by atoms with E-state index in [-0.39, 0.29) is 50.5 Å². The molecule has 13 heteroatoms. The van der Waals surface area contributed by atoms with E-state index in [1.54, 1.807) is 35.2 Å². The van der Waals surface area contributed by atoms with Crippen molar-refractivity contribution in [3.63, 3.8) is 0 Å². The standard InChI is InChI=1S/C41H54FN3O9/c1-5-22-51-41-36(45(40(49)50-4)26-27-14-16-29(42)17-15-27)25-34(44-52-7-3)32-23-28(12-8-10-20-46)31(13-9-11-21-47)37(38(32)41)33-24-30(18-19-35(33)54-41)53-39(48)43-6-2/h5,14-19,23-24,28,31,36-38,46-47H,1,6-13,20-22,25-26H2,2-4H3,(H,43,48). The van der Waals surface area contributed by atoms with Crippen molar-refractivity contribution in [2.75, 3.05) is 40.1 Å². The highest BCUT2D eigenvalue weighted by molar-refractivity contribution is 6.03. The molecule has 3 N–H and O–H groups in total. The Hall–Kier alpha value is -4.46. The summed E-state index contributed by atoms with van der Waals surface area (Å²) in [5.74, 6) is -1.92. The molecule has 2 aromatic carbocycles. The molecular weight excluding hydrogens is 697 g/mol. The molecule has 12 nitrogen and oxygen atoms in total. The third kappa shape index (κ3) is 8.90. The van der Waals surface area contributed by atoms with Crippen molar-refractivity contribution in [3.8, 4) is 11.5 Å². The number of methoxy groups -OCH3 is 1. The number of ether oxygens (including phenoxy) is 4. The molecule has 6 atom stereocenters. The molecule has 1 heterocycles. The number of unbranched alkanes of at least 4 members (excludes halogenated alkanes) is 2. The van der Waals surface area contributed by atoms with Gasteiger partial charge >= 0.3 is 12.2 Å². The molecular formula is C41H54FN3O9. The maximum absolute atomic E-state index is 14.0. The smallest absolute Gasteiger partial charge is 0.412 e. The number of rotatable bonds is 18. The number of amides is 2. The molecule has 0 saturated heterocycles. The van der Waals surface area contributed by atoms with Gasteiger partial charge in [-0.05, 0) is 92.8 Å². The summed E-state index contributed by atoms with van der Waals surface area (Å²) in [6.45, 7) is 8.58. The lowest BCUT2D eigenvalue weighted by molar-refractivity contribution is -0.256. The number of oxime groups is 1. The minimum Gasteiger partial charge on any atom is -0.459 e. The number of benzene rings is 2. The van der Waals surface area contributed by atoms with Gasteiger partial charge in [-0.25, -0.2) is 14.0 Å². The number of hydrogen-bond donors (Lipinski definition) is 3. The van der Waals surface area contributed by atoms with Gasteiger partial charge in [-0.15, -0.1) is 6.58 Å². The Morgan fingerprint density at radius 1 is 1.09 bits per heavy atom. The van der Waals surface area contributed by atoms with Crippen LogP contribution in [-0.2, 0) is 20.9 Å². The maximum Gasteiger partial charge on any atom is 0.412 e. The predicted molar refractivity (Wildman–Crippen MR) is 201 cm³/mol. The van der Waals surface area contributed by atoms with E-state index in [1.165, 1.54) is 19.2 Å². The quantitative estimate of drug-likeness (QED) is 0.0845. The van der Waals surface area contributed by atoms with Gasteiger partial charge in [0.05, 0.1) is 25.3 Å². The number of carbonyl (C=O) groups excluding carboxylic acids is 2. The lowest BCUT2D eigenvalue weighted by Crippen LogP contribution is -2.70. The van der Waals surface area contributed by atoms with Gasteiger partial charge in [-0.3, -0.25) is 4.90 Å². The highest BCUT2D eigenvalue weighted by Gasteiger charge is 2.65. The number of halogens is 1. The number of allylic oxidation sites excluding steroid dienone is 1. The molecule has 294 valence electrons. The molecule has 2 aliphatic carbocycles. The number of nitrogens with one attached hydrogen (secondary N) is 1. The number of aliphatic hydroxyl groups excluding tert-OH is 2. The van der Waals surface area contributed by atoms with E-state index in [4.69, 9.17) is 23.8 Å². The Morgan fingerprint density at radius 2 is 1.83 bits per heavy atom. The molecule has 3 aliphatic rings. The second-order valence-electron chi connectivity index (χ2n) is 13.8. The molecule has 0 radical (unpaired) electrons. The van der Waals surface area contributed by atoms with Crippen molar-refractivity contribution < 1.29 is 48.0 Å². The number of hydrogen-bond acceptors (Lipinski definition) is 10. The summed E-state index contributed by atoms with van der Waals surface area (Å²) in [6.07, 6.45) is 7.16. The summed E-state index contributed by atoms with van der Waals surface area (Å²) < 4.78 is 39.2. The SMILES string of the molecule is C=CCOC12Oc3ccc(OC(=O)NCC)cc3C3C(CCCCO)C(CCCCO)C=C(C(=NOCC)CC1N(Cc1ccc(F)cc1)C(=O)OC)C32. The van der Waals surface area contributed by atoms with Crippen molar-refractivity contribution in [3.05, 3.63) is 83.7 Å². The van der Waals surface area contributed by atoms with Gasteiger partial charge in [-0.2, -0.15) is 0 Å². The summed E-state index contributed by atoms with van der Waals surface area (Å²) in [6, 6.07) is 10.4. The van der Waals surface area contributed by atoms with E-state index < -0.39 is 35.8 Å². The van der Waals surface area contributed by atoms with E-state index in [9.17, 15) is 24.2 Å². The Kier molecular flexibility index (Phi) is 14.5. The van der Waals surface area contributed by atoms with Crippen molar-refractivity contribution in [1.82, 2.24) is 10.2 Å². The Balaban J connectivity index is 1.78. The van der Waals surface area contributed by atoms with E-state index >= 15 is 0 Å². The summed E-state index contributed by atoms with van der Waals surface area (Å²) in [4.78, 5) is 33.8. The van der Waals surface area contributed by atoms with Gasteiger partial charge in [0, 0.05) is 44.2 Å². The molecule has 1 saturated carbocycles. The zero-order chi connectivity index (χ0) is 38.7. The van der Waals surface area contributed by atoms with Crippen LogP contribution in [0.25, 0.3) is 0 Å². The largest absolute Gasteiger partial charge is 0.459 e. The van der Waals surface area contributed by atoms with Gasteiger partial charge in [0.1, 0.15) is 30.0 Å². The molecule has 1 aliphatic heterocycles. The molecule has 2 amide bonds. The summed E-state index contributed by atoms with van der Waals surface area (Å²) in [5, 5.41) is 26.9. The molecule has 0 spiro atoms. The number of fused-ring (bicyclic) bond motifs is 2. The van der Waals surface area contributed by atoms with Crippen LogP contribution < -0.4 is 14.8 Å². The fourth-order valence-corrected chi connectivity index (χ4v) is 8.35. The van der Waals surface area contributed by atoms with Crippen molar-refractivity contribution in [2.24, 2.45) is 22.9 Å². The first-order valence-corrected chi connectivity index (χ1v) is 19.0. The molecule has 0 bridgehead atoms. The van der Waals surface area contributed by atoms with E-state index in [0.717, 1.165) is 36.8 Å². The van der Waals surface area contributed by atoms with Crippen LogP contribution in [0, 0.1) is 23.6 Å². The fraction of sp³-hybridized carbons (Fsp3) is 0.537. The molecule has 6 unspecified atom stereocenters. The second kappa shape index (κ2) is 19.2. The monoisotopic (exact) mass is 751 g/mol. The minimum absolute atomic E-state index is 0.0196. The molecule has 0 aromatic heterocycles. The van der Waals surface area contributed by atoms with E-state index in [0.29, 0.717) is 48.8 Å². The summed E-state index contributed by atoms with van der Waals surface area (Å²) in [7, 11) is 1.31. The molecule has 54 heavy (non-hydrogen) atoms. The summed E-state index contributed by atoms with van der Waals surface area (Å²) >= 11 is 0. The Labute approximate surface area is 316 Å². The Bertz CT molecular complexity index is 1650. The van der Waals surface area contributed by atoms with Crippen LogP contribution in [0.5, 0.6) is 11.5 Å². The van der Waals surface area contributed by atoms with Crippen LogP contribution in [0.15, 0.2) is 71.9 Å². The highest BCUT2D eigenvalue weighted by Crippen LogP contribution is 2.62. The van der Waals surface area contributed by atoms with Crippen molar-refractivity contribution in [2.45, 2.75) is 83.1 Å². The van der Waals surface area contributed by atoms with E-state index in [2.05, 4.69) is 23.1 Å². The first-order valence-electron chi connectivity index (χ1n) is 19.0. The first kappa shape index (κ1) is 40.7. The normalized spacial score (nSPS) is 24.7. The van der Waals surface area contributed by atoms with Gasteiger partial charge < -0.3 is 39.3 Å². The number of carbonyl (C=O) groups is 2. The zero-order valence-electron chi connectivity index (χ0n) is 31.5. The fourth-order valence-electron chi connectivity index (χ4n) is 8.35. The first-order chi connectivity index (χ1) is 26.2. The lowest BCUT2D eigenvalue weighted by atomic mass is 9.55. The van der Waals surface area contributed by atoms with Crippen LogP contribution in [-0.4, -0.2) is 84.9 Å². The topological polar surface area (TPSA) is 148 Å².